The van der Waals surface area contributed by atoms with Crippen LogP contribution in [0, 0.1) is 5.92 Å². The fourth-order valence-electron chi connectivity index (χ4n) is 5.76. The number of likely N-dealkylation sites (N-methyl/N-ethyl adjacent to an activating group) is 1. The van der Waals surface area contributed by atoms with Crippen molar-refractivity contribution in [2.24, 2.45) is 23.2 Å². The number of alkyl carbamates (subject to hydrolysis) is 1. The third-order valence-electron chi connectivity index (χ3n) is 8.84. The Labute approximate surface area is 307 Å². The molecule has 0 aromatic heterocycles. The number of amides is 4. The summed E-state index contributed by atoms with van der Waals surface area (Å²) >= 11 is 0. The Hall–Kier alpha value is -4.66. The van der Waals surface area contributed by atoms with Crippen LogP contribution in [0.3, 0.4) is 0 Å². The monoisotopic (exact) mass is 722 g/mol. The highest BCUT2D eigenvalue weighted by atomic mass is 16.5. The Morgan fingerprint density at radius 1 is 0.942 bits per heavy atom. The number of nitrogens with one attached hydrogen (secondary N) is 3. The Bertz CT molecular complexity index is 1540. The zero-order valence-corrected chi connectivity index (χ0v) is 31.3. The van der Waals surface area contributed by atoms with Gasteiger partial charge in [0.2, 0.25) is 17.7 Å². The molecule has 4 amide bonds. The lowest BCUT2D eigenvalue weighted by Crippen LogP contribution is -2.41. The molecule has 1 unspecified atom stereocenters. The van der Waals surface area contributed by atoms with Crippen molar-refractivity contribution in [2.45, 2.75) is 84.4 Å². The molecule has 1 aliphatic heterocycles. The van der Waals surface area contributed by atoms with Crippen LogP contribution in [0.1, 0.15) is 82.9 Å². The number of hydrazine groups is 1. The van der Waals surface area contributed by atoms with Crippen LogP contribution in [0.4, 0.5) is 10.5 Å². The average molecular weight is 723 g/mol. The van der Waals surface area contributed by atoms with E-state index in [1.165, 1.54) is 5.01 Å². The minimum Gasteiger partial charge on any atom is -0.448 e. The maximum Gasteiger partial charge on any atom is 0.407 e. The van der Waals surface area contributed by atoms with Crippen LogP contribution >= 0.6 is 0 Å². The fourth-order valence-corrected chi connectivity index (χ4v) is 5.76. The summed E-state index contributed by atoms with van der Waals surface area (Å²) < 4.78 is 11.3. The van der Waals surface area contributed by atoms with Gasteiger partial charge >= 0.3 is 6.09 Å². The van der Waals surface area contributed by atoms with Gasteiger partial charge in [0.15, 0.2) is 0 Å². The summed E-state index contributed by atoms with van der Waals surface area (Å²) in [5.74, 6) is 6.27. The Morgan fingerprint density at radius 2 is 1.63 bits per heavy atom. The van der Waals surface area contributed by atoms with E-state index >= 15 is 0 Å². The molecule has 0 saturated carbocycles. The van der Waals surface area contributed by atoms with Crippen LogP contribution < -0.4 is 38.2 Å². The predicted octanol–water partition coefficient (Wildman–Crippen LogP) is 3.20. The average Bonchev–Trinajstić information content (AvgIpc) is 3.09. The minimum absolute atomic E-state index is 0.000294. The van der Waals surface area contributed by atoms with Gasteiger partial charge in [0.05, 0.1) is 41.8 Å². The van der Waals surface area contributed by atoms with Crippen LogP contribution in [-0.2, 0) is 30.4 Å². The molecule has 3 rings (SSSR count). The minimum atomic E-state index is -0.583. The molecule has 0 fully saturated rings. The van der Waals surface area contributed by atoms with Gasteiger partial charge in [-0.2, -0.15) is 0 Å². The number of carbonyl (C=O) groups excluding carboxylic acids is 4. The van der Waals surface area contributed by atoms with Gasteiger partial charge in [-0.05, 0) is 64.1 Å². The number of anilines is 1. The van der Waals surface area contributed by atoms with Crippen molar-refractivity contribution in [2.75, 3.05) is 44.8 Å². The Balaban J connectivity index is 1.66. The van der Waals surface area contributed by atoms with Gasteiger partial charge in [0.25, 0.3) is 0 Å². The second kappa shape index (κ2) is 20.4. The third-order valence-corrected chi connectivity index (χ3v) is 8.84. The maximum absolute atomic E-state index is 13.8. The van der Waals surface area contributed by atoms with Gasteiger partial charge in [-0.25, -0.2) is 10.6 Å². The molecule has 14 nitrogen and oxygen atoms in total. The molecule has 0 saturated heterocycles. The molecule has 1 heterocycles. The summed E-state index contributed by atoms with van der Waals surface area (Å²) in [7, 11) is 1.68. The summed E-state index contributed by atoms with van der Waals surface area (Å²) in [4.78, 5) is 52.0. The molecular weight excluding hydrogens is 664 g/mol. The molecule has 0 spiro atoms. The number of rotatable bonds is 20. The van der Waals surface area contributed by atoms with E-state index in [0.717, 1.165) is 17.5 Å². The number of primary amides is 1. The lowest BCUT2D eigenvalue weighted by Gasteiger charge is -2.33. The number of unbranched alkanes of at least 4 members (excludes halogenated alkanes) is 1. The van der Waals surface area contributed by atoms with Crippen LogP contribution in [0.15, 0.2) is 48.5 Å². The van der Waals surface area contributed by atoms with Crippen LogP contribution in [0.2, 0.25) is 0 Å². The lowest BCUT2D eigenvalue weighted by molar-refractivity contribution is -0.126. The molecule has 2 aromatic rings. The van der Waals surface area contributed by atoms with Crippen LogP contribution in [0.25, 0.3) is 11.4 Å². The number of nitrogens with two attached hydrogens (primary N) is 3. The number of para-hydroxylation sites is 1. The van der Waals surface area contributed by atoms with E-state index in [-0.39, 0.29) is 44.4 Å². The number of hydrogen-bond acceptors (Lipinski definition) is 10. The van der Waals surface area contributed by atoms with Crippen LogP contribution in [-0.4, -0.2) is 80.4 Å². The molecular formula is C38H58N8O6. The van der Waals surface area contributed by atoms with Gasteiger partial charge in [-0.3, -0.25) is 14.4 Å². The Kier molecular flexibility index (Phi) is 16.4. The third kappa shape index (κ3) is 12.8. The normalized spacial score (nSPS) is 14.8. The van der Waals surface area contributed by atoms with Gasteiger partial charge in [-0.1, -0.05) is 56.3 Å². The van der Waals surface area contributed by atoms with E-state index in [0.29, 0.717) is 67.5 Å². The van der Waals surface area contributed by atoms with Crippen molar-refractivity contribution >= 4 is 40.9 Å². The second-order valence-electron chi connectivity index (χ2n) is 14.0. The van der Waals surface area contributed by atoms with E-state index in [2.05, 4.69) is 29.8 Å². The van der Waals surface area contributed by atoms with E-state index in [1.54, 1.807) is 11.9 Å². The second-order valence-corrected chi connectivity index (χ2v) is 14.0. The highest BCUT2D eigenvalue weighted by Gasteiger charge is 2.28. The molecule has 0 radical (unpaired) electrons. The first-order chi connectivity index (χ1) is 24.7. The number of fused-ring (bicyclic) bond motifs is 2. The van der Waals surface area contributed by atoms with Crippen molar-refractivity contribution in [1.82, 2.24) is 21.0 Å². The summed E-state index contributed by atoms with van der Waals surface area (Å²) in [5, 5.41) is 9.95. The number of ether oxygens (including phenoxy) is 2. The fraction of sp³-hybridized carbons (Fsp3) is 0.526. The molecule has 14 heteroatoms. The van der Waals surface area contributed by atoms with Crippen LogP contribution in [0.5, 0.6) is 0 Å². The molecule has 1 aliphatic rings. The SMILES string of the molecule is CNC(CCCCNC(=O)OCCN(N)/C1=C(\N)c2ccccc2N(C(=O)CCC(=O)NCC(C)(C)OCCC(C)C)Cc2ccccc21)C(N)=O. The molecule has 1 atom stereocenters. The number of benzene rings is 2. The summed E-state index contributed by atoms with van der Waals surface area (Å²) in [6.45, 7) is 9.83. The van der Waals surface area contributed by atoms with Gasteiger partial charge in [0.1, 0.15) is 6.61 Å². The number of hydrogen-bond donors (Lipinski definition) is 6. The van der Waals surface area contributed by atoms with Crippen molar-refractivity contribution < 1.29 is 28.7 Å². The molecule has 52 heavy (non-hydrogen) atoms. The quantitative estimate of drug-likeness (QED) is 0.0669. The van der Waals surface area contributed by atoms with Crippen molar-refractivity contribution in [3.8, 4) is 0 Å². The van der Waals surface area contributed by atoms with E-state index in [9.17, 15) is 19.2 Å². The van der Waals surface area contributed by atoms with E-state index < -0.39 is 23.6 Å². The largest absolute Gasteiger partial charge is 0.448 e. The van der Waals surface area contributed by atoms with Gasteiger partial charge in [-0.15, -0.1) is 0 Å². The zero-order chi connectivity index (χ0) is 38.3. The number of carbonyl (C=O) groups is 4. The lowest BCUT2D eigenvalue weighted by atomic mass is 9.95. The highest BCUT2D eigenvalue weighted by molar-refractivity contribution is 6.01. The van der Waals surface area contributed by atoms with Gasteiger partial charge in [0, 0.05) is 43.7 Å². The molecule has 286 valence electrons. The smallest absolute Gasteiger partial charge is 0.407 e. The Morgan fingerprint density at radius 3 is 2.33 bits per heavy atom. The summed E-state index contributed by atoms with van der Waals surface area (Å²) in [6.07, 6.45) is 2.30. The predicted molar refractivity (Wildman–Crippen MR) is 203 cm³/mol. The molecule has 0 bridgehead atoms. The summed E-state index contributed by atoms with van der Waals surface area (Å²) in [6, 6.07) is 14.4. The first-order valence-corrected chi connectivity index (χ1v) is 18.0. The number of nitrogens with zero attached hydrogens (tertiary/aromatic N) is 2. The van der Waals surface area contributed by atoms with E-state index in [4.69, 9.17) is 26.8 Å². The first kappa shape index (κ1) is 41.8. The maximum atomic E-state index is 13.8. The standard InChI is InChI=1S/C38H58N8O6/c1-26(2)19-22-52-38(3,4)25-44-32(47)17-18-33(48)45-24-27-12-6-7-13-28(27)35(34(39)29-14-8-9-16-31(29)45)46(41)21-23-51-37(50)43-20-11-10-15-30(42-5)36(40)49/h6-9,12-14,16,26,30,42H,10-11,15,17-25,39,41H2,1-5H3,(H2,40,49)(H,43,50)(H,44,47)/b35-34-. The van der Waals surface area contributed by atoms with Crippen molar-refractivity contribution in [1.29, 1.82) is 0 Å². The van der Waals surface area contributed by atoms with E-state index in [1.807, 2.05) is 62.4 Å². The zero-order valence-electron chi connectivity index (χ0n) is 31.3. The first-order valence-electron chi connectivity index (χ1n) is 18.0. The summed E-state index contributed by atoms with van der Waals surface area (Å²) in [5.41, 5.74) is 15.3. The molecule has 9 N–H and O–H groups in total. The van der Waals surface area contributed by atoms with Gasteiger partial charge < -0.3 is 46.8 Å². The molecule has 0 aliphatic carbocycles. The topological polar surface area (TPSA) is 207 Å². The van der Waals surface area contributed by atoms with Crippen molar-refractivity contribution in [3.05, 3.63) is 65.2 Å². The van der Waals surface area contributed by atoms with Crippen molar-refractivity contribution in [3.63, 3.8) is 0 Å². The molecule has 2 aromatic carbocycles. The highest BCUT2D eigenvalue weighted by Crippen LogP contribution is 2.36.